The van der Waals surface area contributed by atoms with Crippen LogP contribution in [0.3, 0.4) is 0 Å². The first kappa shape index (κ1) is 13.3. The number of phenolic OH excluding ortho intramolecular Hbond substituents is 2. The van der Waals surface area contributed by atoms with Crippen LogP contribution in [0.1, 0.15) is 10.4 Å². The van der Waals surface area contributed by atoms with E-state index in [0.29, 0.717) is 0 Å². The minimum Gasteiger partial charge on any atom is -0.508 e. The van der Waals surface area contributed by atoms with Crippen LogP contribution in [-0.4, -0.2) is 43.1 Å². The highest BCUT2D eigenvalue weighted by atomic mass is 32.2. The maximum absolute atomic E-state index is 11.5. The number of carbonyl (C=O) groups is 1. The molecule has 3 N–H and O–H groups in total. The molecule has 0 saturated carbocycles. The van der Waals surface area contributed by atoms with Crippen LogP contribution in [0.2, 0.25) is 0 Å². The summed E-state index contributed by atoms with van der Waals surface area (Å²) in [5.74, 6) is -1.28. The van der Waals surface area contributed by atoms with E-state index in [1.165, 1.54) is 12.1 Å². The van der Waals surface area contributed by atoms with Crippen molar-refractivity contribution in [2.75, 3.05) is 18.6 Å². The average Bonchev–Trinajstić information content (AvgIpc) is 2.15. The molecule has 0 radical (unpaired) electrons. The van der Waals surface area contributed by atoms with Crippen LogP contribution >= 0.6 is 0 Å². The molecule has 0 heterocycles. The summed E-state index contributed by atoms with van der Waals surface area (Å²) >= 11 is 0. The van der Waals surface area contributed by atoms with Gasteiger partial charge in [-0.3, -0.25) is 4.79 Å². The summed E-state index contributed by atoms with van der Waals surface area (Å²) in [6.45, 7) is -0.0298. The molecule has 94 valence electrons. The molecule has 6 nitrogen and oxygen atoms in total. The monoisotopic (exact) mass is 259 g/mol. The lowest BCUT2D eigenvalue weighted by atomic mass is 10.2. The minimum atomic E-state index is -3.14. The van der Waals surface area contributed by atoms with Crippen molar-refractivity contribution >= 4 is 15.7 Å². The fourth-order valence-corrected chi connectivity index (χ4v) is 1.63. The largest absolute Gasteiger partial charge is 0.508 e. The Morgan fingerprint density at radius 3 is 2.53 bits per heavy atom. The maximum atomic E-state index is 11.5. The summed E-state index contributed by atoms with van der Waals surface area (Å²) in [6.07, 6.45) is 1.07. The molecule has 0 bridgehead atoms. The number of benzene rings is 1. The summed E-state index contributed by atoms with van der Waals surface area (Å²) in [6, 6.07) is 3.54. The second kappa shape index (κ2) is 5.05. The summed E-state index contributed by atoms with van der Waals surface area (Å²) in [5, 5.41) is 20.8. The van der Waals surface area contributed by atoms with Gasteiger partial charge < -0.3 is 15.5 Å². The van der Waals surface area contributed by atoms with Crippen LogP contribution in [0.4, 0.5) is 0 Å². The molecule has 0 atom stereocenters. The predicted octanol–water partition coefficient (Wildman–Crippen LogP) is -0.128. The Morgan fingerprint density at radius 1 is 1.35 bits per heavy atom. The van der Waals surface area contributed by atoms with E-state index in [9.17, 15) is 18.3 Å². The van der Waals surface area contributed by atoms with Crippen LogP contribution in [0.15, 0.2) is 18.2 Å². The molecule has 0 saturated heterocycles. The number of hydrogen-bond donors (Lipinski definition) is 3. The zero-order chi connectivity index (χ0) is 13.1. The lowest BCUT2D eigenvalue weighted by molar-refractivity contribution is 0.0953. The summed E-state index contributed by atoms with van der Waals surface area (Å²) in [4.78, 5) is 11.5. The van der Waals surface area contributed by atoms with E-state index < -0.39 is 15.7 Å². The van der Waals surface area contributed by atoms with Gasteiger partial charge in [-0.2, -0.15) is 0 Å². The van der Waals surface area contributed by atoms with Gasteiger partial charge in [0.05, 0.1) is 11.3 Å². The number of aromatic hydroxyl groups is 2. The van der Waals surface area contributed by atoms with E-state index in [2.05, 4.69) is 5.32 Å². The first-order chi connectivity index (χ1) is 7.79. The first-order valence-corrected chi connectivity index (χ1v) is 6.83. The second-order valence-electron chi connectivity index (χ2n) is 3.59. The van der Waals surface area contributed by atoms with Crippen molar-refractivity contribution in [1.82, 2.24) is 5.32 Å². The Kier molecular flexibility index (Phi) is 3.95. The van der Waals surface area contributed by atoms with Gasteiger partial charge in [0.15, 0.2) is 0 Å². The summed E-state index contributed by atoms with van der Waals surface area (Å²) in [5.41, 5.74) is -0.0173. The number of hydrogen-bond acceptors (Lipinski definition) is 5. The van der Waals surface area contributed by atoms with Crippen molar-refractivity contribution in [3.63, 3.8) is 0 Å². The van der Waals surface area contributed by atoms with Crippen LogP contribution in [0, 0.1) is 0 Å². The molecule has 0 aliphatic carbocycles. The Morgan fingerprint density at radius 2 is 2.00 bits per heavy atom. The lowest BCUT2D eigenvalue weighted by Crippen LogP contribution is -2.28. The second-order valence-corrected chi connectivity index (χ2v) is 5.85. The molecular formula is C10H13NO5S. The molecule has 1 aromatic rings. The Hall–Kier alpha value is -1.76. The molecule has 0 aliphatic heterocycles. The van der Waals surface area contributed by atoms with Crippen LogP contribution in [0.5, 0.6) is 11.5 Å². The molecule has 0 unspecified atom stereocenters. The van der Waals surface area contributed by atoms with Gasteiger partial charge in [-0.25, -0.2) is 8.42 Å². The van der Waals surface area contributed by atoms with Gasteiger partial charge in [0.1, 0.15) is 21.3 Å². The molecule has 17 heavy (non-hydrogen) atoms. The Balaban J connectivity index is 2.65. The lowest BCUT2D eigenvalue weighted by Gasteiger charge is -2.06. The quantitative estimate of drug-likeness (QED) is 0.699. The molecule has 0 fully saturated rings. The third kappa shape index (κ3) is 4.31. The van der Waals surface area contributed by atoms with E-state index in [0.717, 1.165) is 12.3 Å². The Bertz CT molecular complexity index is 523. The highest BCUT2D eigenvalue weighted by Crippen LogP contribution is 2.22. The molecule has 1 aromatic carbocycles. The number of sulfone groups is 1. The minimum absolute atomic E-state index is 0.0173. The Labute approximate surface area is 98.8 Å². The number of nitrogens with one attached hydrogen (secondary N) is 1. The summed E-state index contributed by atoms with van der Waals surface area (Å²) in [7, 11) is -3.14. The normalized spacial score (nSPS) is 11.1. The topological polar surface area (TPSA) is 104 Å². The standard InChI is InChI=1S/C10H13NO5S/c1-17(15,16)5-4-11-10(14)8-3-2-7(12)6-9(8)13/h2-3,6,12-13H,4-5H2,1H3,(H,11,14). The zero-order valence-corrected chi connectivity index (χ0v) is 9.99. The van der Waals surface area contributed by atoms with Crippen LogP contribution < -0.4 is 5.32 Å². The smallest absolute Gasteiger partial charge is 0.255 e. The van der Waals surface area contributed by atoms with E-state index in [1.54, 1.807) is 0 Å². The van der Waals surface area contributed by atoms with Crippen LogP contribution in [0.25, 0.3) is 0 Å². The number of phenols is 2. The maximum Gasteiger partial charge on any atom is 0.255 e. The van der Waals surface area contributed by atoms with Crippen molar-refractivity contribution in [3.8, 4) is 11.5 Å². The van der Waals surface area contributed by atoms with Gasteiger partial charge in [0.2, 0.25) is 0 Å². The molecular weight excluding hydrogens is 246 g/mol. The summed E-state index contributed by atoms with van der Waals surface area (Å²) < 4.78 is 21.7. The number of carbonyl (C=O) groups excluding carboxylic acids is 1. The molecule has 0 spiro atoms. The van der Waals surface area contributed by atoms with Gasteiger partial charge >= 0.3 is 0 Å². The van der Waals surface area contributed by atoms with E-state index in [1.807, 2.05) is 0 Å². The van der Waals surface area contributed by atoms with Crippen LogP contribution in [-0.2, 0) is 9.84 Å². The fraction of sp³-hybridized carbons (Fsp3) is 0.300. The number of rotatable bonds is 4. The van der Waals surface area contributed by atoms with Gasteiger partial charge in [-0.1, -0.05) is 0 Å². The van der Waals surface area contributed by atoms with Crippen molar-refractivity contribution in [1.29, 1.82) is 0 Å². The van der Waals surface area contributed by atoms with E-state index in [4.69, 9.17) is 5.11 Å². The third-order valence-electron chi connectivity index (χ3n) is 1.98. The van der Waals surface area contributed by atoms with Gasteiger partial charge in [-0.15, -0.1) is 0 Å². The van der Waals surface area contributed by atoms with Crippen molar-refractivity contribution in [2.45, 2.75) is 0 Å². The molecule has 7 heteroatoms. The highest BCUT2D eigenvalue weighted by molar-refractivity contribution is 7.90. The first-order valence-electron chi connectivity index (χ1n) is 4.77. The van der Waals surface area contributed by atoms with Crippen molar-refractivity contribution in [3.05, 3.63) is 23.8 Å². The zero-order valence-electron chi connectivity index (χ0n) is 9.17. The highest BCUT2D eigenvalue weighted by Gasteiger charge is 2.11. The molecule has 0 aliphatic rings. The molecule has 0 aromatic heterocycles. The fourth-order valence-electron chi connectivity index (χ4n) is 1.16. The SMILES string of the molecule is CS(=O)(=O)CCNC(=O)c1ccc(O)cc1O. The molecule has 1 rings (SSSR count). The van der Waals surface area contributed by atoms with Gasteiger partial charge in [-0.05, 0) is 12.1 Å². The van der Waals surface area contributed by atoms with E-state index >= 15 is 0 Å². The van der Waals surface area contributed by atoms with Gasteiger partial charge in [0.25, 0.3) is 5.91 Å². The van der Waals surface area contributed by atoms with E-state index in [-0.39, 0.29) is 29.4 Å². The third-order valence-corrected chi connectivity index (χ3v) is 2.93. The number of amides is 1. The average molecular weight is 259 g/mol. The molecule has 1 amide bonds. The van der Waals surface area contributed by atoms with Crippen molar-refractivity contribution in [2.24, 2.45) is 0 Å². The van der Waals surface area contributed by atoms with Gasteiger partial charge in [0, 0.05) is 18.9 Å². The van der Waals surface area contributed by atoms with Crippen molar-refractivity contribution < 1.29 is 23.4 Å². The predicted molar refractivity (Wildman–Crippen MR) is 61.8 cm³/mol.